The first-order valence-electron chi connectivity index (χ1n) is 8.20. The summed E-state index contributed by atoms with van der Waals surface area (Å²) in [7, 11) is 0. The van der Waals surface area contributed by atoms with E-state index in [1.807, 2.05) is 0 Å². The van der Waals surface area contributed by atoms with Gasteiger partial charge in [0.15, 0.2) is 0 Å². The maximum absolute atomic E-state index is 3.49. The summed E-state index contributed by atoms with van der Waals surface area (Å²) in [5.41, 5.74) is 0.910. The van der Waals surface area contributed by atoms with Crippen LogP contribution in [0, 0.1) is 5.92 Å². The van der Waals surface area contributed by atoms with Gasteiger partial charge in [-0.15, -0.1) is 0 Å². The molecule has 1 saturated carbocycles. The van der Waals surface area contributed by atoms with Crippen molar-refractivity contribution >= 4 is 0 Å². The van der Waals surface area contributed by atoms with E-state index in [2.05, 4.69) is 35.9 Å². The monoisotopic (exact) mass is 265 g/mol. The molecule has 1 spiro atoms. The van der Waals surface area contributed by atoms with Crippen molar-refractivity contribution in [1.29, 1.82) is 0 Å². The lowest BCUT2D eigenvalue weighted by Crippen LogP contribution is -2.60. The van der Waals surface area contributed by atoms with Crippen LogP contribution in [0.2, 0.25) is 0 Å². The summed E-state index contributed by atoms with van der Waals surface area (Å²) >= 11 is 0. The van der Waals surface area contributed by atoms with Crippen molar-refractivity contribution < 1.29 is 0 Å². The maximum atomic E-state index is 3.49. The van der Waals surface area contributed by atoms with Crippen LogP contribution >= 0.6 is 0 Å². The number of hydrogen-bond acceptors (Lipinski definition) is 3. The van der Waals surface area contributed by atoms with E-state index in [4.69, 9.17) is 0 Å². The second-order valence-electron chi connectivity index (χ2n) is 7.96. The second kappa shape index (κ2) is 5.01. The molecule has 110 valence electrons. The van der Waals surface area contributed by atoms with Gasteiger partial charge in [-0.25, -0.2) is 0 Å². The van der Waals surface area contributed by atoms with Crippen LogP contribution in [-0.4, -0.2) is 60.1 Å². The Balaban J connectivity index is 1.59. The van der Waals surface area contributed by atoms with Crippen LogP contribution < -0.4 is 5.32 Å². The van der Waals surface area contributed by atoms with Crippen molar-refractivity contribution in [2.75, 3.05) is 39.3 Å². The Morgan fingerprint density at radius 1 is 1.11 bits per heavy atom. The van der Waals surface area contributed by atoms with Gasteiger partial charge in [0.25, 0.3) is 0 Å². The minimum atomic E-state index is 0.344. The number of nitrogens with zero attached hydrogens (tertiary/aromatic N) is 2. The van der Waals surface area contributed by atoms with Crippen molar-refractivity contribution in [3.63, 3.8) is 0 Å². The first kappa shape index (κ1) is 13.8. The molecule has 0 aromatic rings. The third kappa shape index (κ3) is 2.98. The first-order valence-corrected chi connectivity index (χ1v) is 8.20. The van der Waals surface area contributed by atoms with E-state index in [9.17, 15) is 0 Å². The summed E-state index contributed by atoms with van der Waals surface area (Å²) in [6.07, 6.45) is 5.64. The van der Waals surface area contributed by atoms with E-state index in [1.54, 1.807) is 0 Å². The molecule has 1 N–H and O–H groups in total. The lowest BCUT2D eigenvalue weighted by Gasteiger charge is -2.48. The van der Waals surface area contributed by atoms with Gasteiger partial charge in [-0.05, 0) is 65.5 Å². The van der Waals surface area contributed by atoms with E-state index in [0.29, 0.717) is 11.1 Å². The smallest absolute Gasteiger partial charge is 0.0338 e. The van der Waals surface area contributed by atoms with Gasteiger partial charge in [-0.1, -0.05) is 0 Å². The van der Waals surface area contributed by atoms with Crippen molar-refractivity contribution in [3.8, 4) is 0 Å². The van der Waals surface area contributed by atoms with Gasteiger partial charge >= 0.3 is 0 Å². The van der Waals surface area contributed by atoms with Crippen molar-refractivity contribution in [3.05, 3.63) is 0 Å². The number of piperidine rings is 1. The number of piperazine rings is 1. The first-order chi connectivity index (χ1) is 9.00. The van der Waals surface area contributed by atoms with E-state index < -0.39 is 0 Å². The van der Waals surface area contributed by atoms with Crippen LogP contribution in [0.15, 0.2) is 0 Å². The van der Waals surface area contributed by atoms with E-state index in [0.717, 1.165) is 5.92 Å². The summed E-state index contributed by atoms with van der Waals surface area (Å²) in [4.78, 5) is 5.56. The minimum absolute atomic E-state index is 0.344. The highest BCUT2D eigenvalue weighted by Crippen LogP contribution is 2.46. The average molecular weight is 265 g/mol. The molecule has 2 saturated heterocycles. The minimum Gasteiger partial charge on any atom is -0.317 e. The summed E-state index contributed by atoms with van der Waals surface area (Å²) < 4.78 is 0. The van der Waals surface area contributed by atoms with Crippen LogP contribution in [0.5, 0.6) is 0 Å². The lowest BCUT2D eigenvalue weighted by molar-refractivity contribution is 0.000632. The molecule has 0 radical (unpaired) electrons. The zero-order valence-corrected chi connectivity index (χ0v) is 13.0. The fourth-order valence-electron chi connectivity index (χ4n) is 3.87. The Morgan fingerprint density at radius 2 is 1.79 bits per heavy atom. The third-order valence-electron chi connectivity index (χ3n) is 5.51. The van der Waals surface area contributed by atoms with Gasteiger partial charge in [0.2, 0.25) is 0 Å². The SMILES string of the molecule is CC(C)(C)N1CCN(CC2CCNCC2)C2(CC2)C1. The van der Waals surface area contributed by atoms with Crippen LogP contribution in [0.4, 0.5) is 0 Å². The molecule has 3 heteroatoms. The molecule has 3 rings (SSSR count). The van der Waals surface area contributed by atoms with Gasteiger partial charge in [0.1, 0.15) is 0 Å². The Bertz CT molecular complexity index is 310. The van der Waals surface area contributed by atoms with Gasteiger partial charge in [0.05, 0.1) is 0 Å². The molecule has 3 nitrogen and oxygen atoms in total. The van der Waals surface area contributed by atoms with Crippen LogP contribution in [-0.2, 0) is 0 Å². The number of rotatable bonds is 2. The van der Waals surface area contributed by atoms with Gasteiger partial charge in [0, 0.05) is 37.3 Å². The Kier molecular flexibility index (Phi) is 3.65. The van der Waals surface area contributed by atoms with Crippen LogP contribution in [0.3, 0.4) is 0 Å². The van der Waals surface area contributed by atoms with Crippen molar-refractivity contribution in [1.82, 2.24) is 15.1 Å². The van der Waals surface area contributed by atoms with Gasteiger partial charge in [-0.3, -0.25) is 9.80 Å². The predicted octanol–water partition coefficient (Wildman–Crippen LogP) is 1.93. The largest absolute Gasteiger partial charge is 0.317 e. The summed E-state index contributed by atoms with van der Waals surface area (Å²) in [6.45, 7) is 14.8. The Morgan fingerprint density at radius 3 is 2.37 bits per heavy atom. The zero-order valence-electron chi connectivity index (χ0n) is 13.0. The second-order valence-corrected chi connectivity index (χ2v) is 7.96. The molecular formula is C16H31N3. The third-order valence-corrected chi connectivity index (χ3v) is 5.51. The highest BCUT2D eigenvalue weighted by atomic mass is 15.4. The maximum Gasteiger partial charge on any atom is 0.0338 e. The topological polar surface area (TPSA) is 18.5 Å². The fourth-order valence-corrected chi connectivity index (χ4v) is 3.87. The Hall–Kier alpha value is -0.120. The van der Waals surface area contributed by atoms with E-state index >= 15 is 0 Å². The number of hydrogen-bond donors (Lipinski definition) is 1. The molecule has 2 aliphatic heterocycles. The van der Waals surface area contributed by atoms with Crippen molar-refractivity contribution in [2.24, 2.45) is 5.92 Å². The molecular weight excluding hydrogens is 234 g/mol. The van der Waals surface area contributed by atoms with Crippen molar-refractivity contribution in [2.45, 2.75) is 57.5 Å². The molecule has 1 aliphatic carbocycles. The molecule has 0 unspecified atom stereocenters. The predicted molar refractivity (Wildman–Crippen MR) is 80.5 cm³/mol. The summed E-state index contributed by atoms with van der Waals surface area (Å²) in [6, 6.07) is 0. The number of nitrogens with one attached hydrogen (secondary N) is 1. The van der Waals surface area contributed by atoms with Gasteiger partial charge in [-0.2, -0.15) is 0 Å². The highest BCUT2D eigenvalue weighted by molar-refractivity contribution is 5.09. The lowest BCUT2D eigenvalue weighted by atomic mass is 9.94. The molecule has 19 heavy (non-hydrogen) atoms. The zero-order chi connectivity index (χ0) is 13.5. The molecule has 0 bridgehead atoms. The van der Waals surface area contributed by atoms with E-state index in [1.165, 1.54) is 65.0 Å². The molecule has 2 heterocycles. The fraction of sp³-hybridized carbons (Fsp3) is 1.00. The molecule has 0 aromatic carbocycles. The van der Waals surface area contributed by atoms with Gasteiger partial charge < -0.3 is 5.32 Å². The molecule has 0 aromatic heterocycles. The normalized spacial score (nSPS) is 29.8. The average Bonchev–Trinajstić information content (AvgIpc) is 3.13. The highest BCUT2D eigenvalue weighted by Gasteiger charge is 2.52. The van der Waals surface area contributed by atoms with Crippen LogP contribution in [0.25, 0.3) is 0 Å². The summed E-state index contributed by atoms with van der Waals surface area (Å²) in [5, 5.41) is 3.49. The van der Waals surface area contributed by atoms with Crippen LogP contribution in [0.1, 0.15) is 46.5 Å². The summed E-state index contributed by atoms with van der Waals surface area (Å²) in [5.74, 6) is 0.944. The molecule has 3 aliphatic rings. The Labute approximate surface area is 118 Å². The standard InChI is InChI=1S/C16H31N3/c1-15(2,3)19-11-10-18(16(13-19)6-7-16)12-14-4-8-17-9-5-14/h14,17H,4-13H2,1-3H3. The molecule has 0 amide bonds. The quantitative estimate of drug-likeness (QED) is 0.823. The molecule has 0 atom stereocenters. The molecule has 3 fully saturated rings. The van der Waals surface area contributed by atoms with E-state index in [-0.39, 0.29) is 0 Å².